The highest BCUT2D eigenvalue weighted by atomic mass is 31.2. The van der Waals surface area contributed by atoms with Gasteiger partial charge in [0.25, 0.3) is 0 Å². The van der Waals surface area contributed by atoms with Gasteiger partial charge in [-0.05, 0) is 151 Å². The zero-order valence-electron chi connectivity index (χ0n) is 35.4. The van der Waals surface area contributed by atoms with Crippen LogP contribution < -0.4 is 9.05 Å². The molecule has 0 aromatic heterocycles. The van der Waals surface area contributed by atoms with Gasteiger partial charge in [0.1, 0.15) is 11.5 Å². The number of fused-ring (bicyclic) bond motifs is 1. The van der Waals surface area contributed by atoms with E-state index in [1.165, 1.54) is 33.4 Å². The first-order chi connectivity index (χ1) is 26.3. The molecule has 0 amide bonds. The van der Waals surface area contributed by atoms with Gasteiger partial charge in [0.15, 0.2) is 0 Å². The molecule has 0 aliphatic rings. The minimum Gasteiger partial charge on any atom is -0.403 e. The van der Waals surface area contributed by atoms with Crippen molar-refractivity contribution >= 4 is 26.4 Å². The topological polar surface area (TPSA) is 134 Å². The summed E-state index contributed by atoms with van der Waals surface area (Å²) in [5.41, 5.74) is 10.3. The van der Waals surface area contributed by atoms with E-state index in [1.807, 2.05) is 13.0 Å². The molecule has 0 aliphatic heterocycles. The summed E-state index contributed by atoms with van der Waals surface area (Å²) in [5.74, 6) is -0.0834. The lowest BCUT2D eigenvalue weighted by atomic mass is 9.95. The molecule has 0 bridgehead atoms. The highest BCUT2D eigenvalue weighted by Crippen LogP contribution is 2.50. The Balaban J connectivity index is 1.86. The van der Waals surface area contributed by atoms with E-state index >= 15 is 0 Å². The molecular weight excluding hydrogens is 742 g/mol. The van der Waals surface area contributed by atoms with Gasteiger partial charge in [0, 0.05) is 16.3 Å². The van der Waals surface area contributed by atoms with Crippen LogP contribution in [0, 0.1) is 6.92 Å². The predicted octanol–water partition coefficient (Wildman–Crippen LogP) is 14.0. The molecule has 0 atom stereocenters. The van der Waals surface area contributed by atoms with Crippen LogP contribution in [-0.4, -0.2) is 19.6 Å². The molecule has 56 heavy (non-hydrogen) atoms. The minimum atomic E-state index is -4.95. The average Bonchev–Trinajstić information content (AvgIpc) is 3.08. The summed E-state index contributed by atoms with van der Waals surface area (Å²) < 4.78 is 34.0. The Kier molecular flexibility index (Phi) is 21.4. The number of rotatable bonds is 24. The summed E-state index contributed by atoms with van der Waals surface area (Å²) in [6.45, 7) is 19.0. The van der Waals surface area contributed by atoms with Gasteiger partial charge in [-0.25, -0.2) is 9.13 Å². The minimum absolute atomic E-state index is 0.0344. The third kappa shape index (κ3) is 20.3. The van der Waals surface area contributed by atoms with Crippen LogP contribution in [0.1, 0.15) is 144 Å². The van der Waals surface area contributed by atoms with E-state index in [4.69, 9.17) is 9.05 Å². The Labute approximate surface area is 337 Å². The largest absolute Gasteiger partial charge is 0.524 e. The number of hydrogen-bond donors (Lipinski definition) is 4. The van der Waals surface area contributed by atoms with Crippen molar-refractivity contribution in [1.29, 1.82) is 0 Å². The van der Waals surface area contributed by atoms with Crippen molar-refractivity contribution in [3.05, 3.63) is 117 Å². The highest BCUT2D eigenvalue weighted by Gasteiger charge is 2.27. The molecule has 0 fully saturated rings. The molecule has 4 N–H and O–H groups in total. The summed E-state index contributed by atoms with van der Waals surface area (Å²) in [7, 11) is -9.87. The fraction of sp³-hybridized carbons (Fsp3) is 0.478. The quantitative estimate of drug-likeness (QED) is 0.0608. The molecule has 0 aliphatic carbocycles. The Morgan fingerprint density at radius 3 is 1.14 bits per heavy atom. The van der Waals surface area contributed by atoms with Crippen LogP contribution >= 0.6 is 15.6 Å². The maximum absolute atomic E-state index is 11.9. The third-order valence-electron chi connectivity index (χ3n) is 9.81. The van der Waals surface area contributed by atoms with Crippen molar-refractivity contribution in [3.8, 4) is 11.5 Å². The molecule has 0 spiro atoms. The second kappa shape index (κ2) is 24.5. The zero-order valence-corrected chi connectivity index (χ0v) is 37.1. The van der Waals surface area contributed by atoms with Gasteiger partial charge < -0.3 is 9.05 Å². The van der Waals surface area contributed by atoms with Crippen molar-refractivity contribution < 1.29 is 37.8 Å². The van der Waals surface area contributed by atoms with E-state index in [-0.39, 0.29) is 28.7 Å². The molecular formula is C46H68O8P2. The van der Waals surface area contributed by atoms with Gasteiger partial charge >= 0.3 is 15.6 Å². The second-order valence-electron chi connectivity index (χ2n) is 15.5. The fourth-order valence-corrected chi connectivity index (χ4v) is 7.38. The van der Waals surface area contributed by atoms with Gasteiger partial charge in [0.05, 0.1) is 0 Å². The molecule has 0 heterocycles. The number of allylic oxidation sites excluding steroid dienone is 14. The Bertz CT molecular complexity index is 1910. The van der Waals surface area contributed by atoms with Crippen molar-refractivity contribution in [1.82, 2.24) is 0 Å². The predicted molar refractivity (Wildman–Crippen MR) is 235 cm³/mol. The molecule has 2 aromatic carbocycles. The van der Waals surface area contributed by atoms with Crippen molar-refractivity contribution in [3.63, 3.8) is 0 Å². The maximum Gasteiger partial charge on any atom is 0.524 e. The molecule has 8 nitrogen and oxygen atoms in total. The fourth-order valence-electron chi connectivity index (χ4n) is 6.46. The van der Waals surface area contributed by atoms with Gasteiger partial charge in [-0.1, -0.05) is 106 Å². The molecule has 0 saturated heterocycles. The standard InChI is InChI=1S/C46H68O8P2/c1-34(2)18-12-19-35(3)20-13-21-36(4)22-14-23-37(5)24-15-25-38(6)26-16-27-39(7)28-17-29-40(8)32-33-42-41(9)45(53-55(47,48)49)43-30-10-11-31-44(43)46(42)54-56(50,51)52/h10-11,18,20,22,24,26,28,30-32H,12-17,19,21,23,25,27,29,33H2,1-9H3,(H2,47,48,49)(H2,50,51,52)/b35-20+,36-22+,37-24+,38-26+,39-28+,40-32+. The summed E-state index contributed by atoms with van der Waals surface area (Å²) in [4.78, 5) is 38.6. The Hall–Kier alpha value is -3.22. The Morgan fingerprint density at radius 2 is 0.804 bits per heavy atom. The smallest absolute Gasteiger partial charge is 0.403 e. The average molecular weight is 811 g/mol. The van der Waals surface area contributed by atoms with Crippen LogP contribution in [0.4, 0.5) is 0 Å². The normalized spacial score (nSPS) is 14.1. The molecule has 2 rings (SSSR count). The van der Waals surface area contributed by atoms with Crippen LogP contribution in [0.5, 0.6) is 11.5 Å². The zero-order chi connectivity index (χ0) is 41.9. The monoisotopic (exact) mass is 810 g/mol. The molecule has 2 aromatic rings. The molecule has 0 saturated carbocycles. The SMILES string of the molecule is CC(C)=CCC/C(C)=C/CC/C(C)=C/CC/C(C)=C/CC/C(C)=C/CC/C(C)=C/CC/C(C)=C/Cc1c(C)c(OP(=O)(O)O)c2ccccc2c1OP(=O)(O)O. The van der Waals surface area contributed by atoms with Gasteiger partial charge in [-0.2, -0.15) is 0 Å². The summed E-state index contributed by atoms with van der Waals surface area (Å²) >= 11 is 0. The molecule has 0 unspecified atom stereocenters. The van der Waals surface area contributed by atoms with Crippen LogP contribution in [0.2, 0.25) is 0 Å². The van der Waals surface area contributed by atoms with Crippen LogP contribution in [0.3, 0.4) is 0 Å². The van der Waals surface area contributed by atoms with Crippen molar-refractivity contribution in [2.45, 2.75) is 146 Å². The number of benzene rings is 2. The first-order valence-electron chi connectivity index (χ1n) is 19.9. The second-order valence-corrected chi connectivity index (χ2v) is 17.8. The van der Waals surface area contributed by atoms with E-state index in [0.717, 1.165) is 82.6 Å². The molecule has 0 radical (unpaired) electrons. The van der Waals surface area contributed by atoms with E-state index in [0.29, 0.717) is 11.1 Å². The van der Waals surface area contributed by atoms with Crippen LogP contribution in [0.25, 0.3) is 10.8 Å². The van der Waals surface area contributed by atoms with Gasteiger partial charge in [-0.15, -0.1) is 0 Å². The number of phosphoric acid groups is 2. The van der Waals surface area contributed by atoms with Crippen LogP contribution in [-0.2, 0) is 15.6 Å². The van der Waals surface area contributed by atoms with Gasteiger partial charge in [-0.3, -0.25) is 19.6 Å². The lowest BCUT2D eigenvalue weighted by molar-refractivity contribution is 0.278. The lowest BCUT2D eigenvalue weighted by Gasteiger charge is -2.21. The summed E-state index contributed by atoms with van der Waals surface area (Å²) in [6.07, 6.45) is 28.8. The van der Waals surface area contributed by atoms with E-state index in [2.05, 4.69) is 84.9 Å². The third-order valence-corrected chi connectivity index (χ3v) is 10.6. The van der Waals surface area contributed by atoms with Crippen molar-refractivity contribution in [2.24, 2.45) is 0 Å². The first kappa shape index (κ1) is 48.9. The van der Waals surface area contributed by atoms with E-state index in [1.54, 1.807) is 31.2 Å². The van der Waals surface area contributed by atoms with Crippen molar-refractivity contribution in [2.75, 3.05) is 0 Å². The Morgan fingerprint density at radius 1 is 0.500 bits per heavy atom. The van der Waals surface area contributed by atoms with Gasteiger partial charge in [0.2, 0.25) is 0 Å². The molecule has 10 heteroatoms. The first-order valence-corrected chi connectivity index (χ1v) is 22.9. The van der Waals surface area contributed by atoms with E-state index in [9.17, 15) is 28.7 Å². The summed E-state index contributed by atoms with van der Waals surface area (Å²) in [6, 6.07) is 6.43. The van der Waals surface area contributed by atoms with Crippen LogP contribution in [0.15, 0.2) is 106 Å². The number of phosphoric ester groups is 2. The lowest BCUT2D eigenvalue weighted by Crippen LogP contribution is -2.03. The maximum atomic E-state index is 11.9. The molecule has 310 valence electrons. The summed E-state index contributed by atoms with van der Waals surface area (Å²) in [5, 5.41) is 0.559. The van der Waals surface area contributed by atoms with E-state index < -0.39 is 15.6 Å². The number of hydrogen-bond acceptors (Lipinski definition) is 4. The highest BCUT2D eigenvalue weighted by molar-refractivity contribution is 7.47.